The number of hydrogen-bond donors (Lipinski definition) is 3. The van der Waals surface area contributed by atoms with Gasteiger partial charge in [-0.2, -0.15) is 0 Å². The number of pyridine rings is 2. The summed E-state index contributed by atoms with van der Waals surface area (Å²) in [7, 11) is 1.83. The standard InChI is InChI=1S/C44H43N9O7/c1-24-42(57)51(2)23-35-38(50-39(52(24)35)25-14-18-60-19-15-25)28-7-3-6-26-20-33(48-22-30(26)28)27-10-11-32(47-21-27)40(55)46-17-5-16-45-31-9-4-8-29-37(31)44(59)53(43(29)58)34-12-13-36(54)49-41(34)56/h3-4,6-11,20-22,24-25,34,45H,5,12-19,23H2,1-2H3,(H,46,55)(H,49,54,56)/t24-,34?/m1/s1. The Hall–Kier alpha value is -6.81. The van der Waals surface area contributed by atoms with Gasteiger partial charge in [0, 0.05) is 80.3 Å². The average Bonchev–Trinajstić information content (AvgIpc) is 3.76. The van der Waals surface area contributed by atoms with Gasteiger partial charge in [0.05, 0.1) is 34.8 Å². The minimum absolute atomic E-state index is 0.0427. The Labute approximate surface area is 344 Å². The number of rotatable bonds is 10. The van der Waals surface area contributed by atoms with Gasteiger partial charge < -0.3 is 24.8 Å². The minimum atomic E-state index is -1.05. The lowest BCUT2D eigenvalue weighted by Gasteiger charge is -2.32. The topological polar surface area (TPSA) is 198 Å². The van der Waals surface area contributed by atoms with Crippen LogP contribution in [0.2, 0.25) is 0 Å². The maximum absolute atomic E-state index is 13.4. The zero-order valence-electron chi connectivity index (χ0n) is 33.2. The van der Waals surface area contributed by atoms with Crippen molar-refractivity contribution in [1.82, 2.24) is 40.0 Å². The van der Waals surface area contributed by atoms with E-state index in [1.54, 1.807) is 35.4 Å². The molecular weight excluding hydrogens is 767 g/mol. The highest BCUT2D eigenvalue weighted by atomic mass is 16.5. The Morgan fingerprint density at radius 2 is 1.72 bits per heavy atom. The highest BCUT2D eigenvalue weighted by Crippen LogP contribution is 2.40. The zero-order chi connectivity index (χ0) is 41.7. The summed E-state index contributed by atoms with van der Waals surface area (Å²) in [6.45, 7) is 4.47. The lowest BCUT2D eigenvalue weighted by atomic mass is 9.98. The molecule has 16 nitrogen and oxygen atoms in total. The molecule has 0 saturated carbocycles. The first-order chi connectivity index (χ1) is 29.1. The maximum Gasteiger partial charge on any atom is 0.269 e. The number of carbonyl (C=O) groups excluding carboxylic acids is 6. The molecule has 0 bridgehead atoms. The molecule has 7 heterocycles. The van der Waals surface area contributed by atoms with E-state index in [1.807, 2.05) is 44.4 Å². The molecule has 2 saturated heterocycles. The van der Waals surface area contributed by atoms with Crippen LogP contribution in [0, 0.1) is 0 Å². The molecule has 9 rings (SSSR count). The van der Waals surface area contributed by atoms with Crippen LogP contribution in [0.4, 0.5) is 5.69 Å². The largest absolute Gasteiger partial charge is 0.384 e. The van der Waals surface area contributed by atoms with Crippen molar-refractivity contribution >= 4 is 51.9 Å². The highest BCUT2D eigenvalue weighted by molar-refractivity contribution is 6.25. The van der Waals surface area contributed by atoms with Gasteiger partial charge in [0.2, 0.25) is 17.7 Å². The fraction of sp³-hybridized carbons (Fsp3) is 0.341. The SMILES string of the molecule is C[C@@H]1C(=O)N(C)Cc2c(-c3cccc4cc(-c5ccc(C(=O)NCCCNc6cccc7c6C(=O)N(C6CCC(=O)NC6=O)C7=O)nc5)ncc34)nc(C3CCOCC3)n21. The molecule has 16 heteroatoms. The fourth-order valence-electron chi connectivity index (χ4n) is 8.74. The number of nitrogens with zero attached hydrogens (tertiary/aromatic N) is 6. The van der Waals surface area contributed by atoms with E-state index in [4.69, 9.17) is 14.7 Å². The van der Waals surface area contributed by atoms with Crippen molar-refractivity contribution in [2.75, 3.05) is 38.7 Å². The molecule has 60 heavy (non-hydrogen) atoms. The molecule has 5 aromatic rings. The zero-order valence-corrected chi connectivity index (χ0v) is 33.2. The smallest absolute Gasteiger partial charge is 0.269 e. The molecule has 1 unspecified atom stereocenters. The predicted molar refractivity (Wildman–Crippen MR) is 219 cm³/mol. The molecule has 4 aliphatic rings. The van der Waals surface area contributed by atoms with E-state index in [9.17, 15) is 28.8 Å². The molecule has 2 aromatic carbocycles. The first-order valence-electron chi connectivity index (χ1n) is 20.2. The number of ether oxygens (including phenoxy) is 1. The summed E-state index contributed by atoms with van der Waals surface area (Å²) in [5.74, 6) is -1.37. The molecule has 0 aliphatic carbocycles. The lowest BCUT2D eigenvalue weighted by molar-refractivity contribution is -0.136. The van der Waals surface area contributed by atoms with Gasteiger partial charge in [0.1, 0.15) is 23.6 Å². The van der Waals surface area contributed by atoms with E-state index in [1.165, 1.54) is 0 Å². The highest BCUT2D eigenvalue weighted by Gasteiger charge is 2.45. The van der Waals surface area contributed by atoms with Crippen molar-refractivity contribution in [3.8, 4) is 22.5 Å². The van der Waals surface area contributed by atoms with Crippen LogP contribution in [0.3, 0.4) is 0 Å². The number of aromatic nitrogens is 4. The van der Waals surface area contributed by atoms with Gasteiger partial charge in [-0.1, -0.05) is 24.3 Å². The summed E-state index contributed by atoms with van der Waals surface area (Å²) >= 11 is 0. The second kappa shape index (κ2) is 15.7. The number of hydrogen-bond acceptors (Lipinski definition) is 11. The van der Waals surface area contributed by atoms with Gasteiger partial charge in [-0.25, -0.2) is 4.98 Å². The number of likely N-dealkylation sites (N-methyl/N-ethyl adjacent to an activating group) is 1. The normalized spacial score (nSPS) is 19.4. The van der Waals surface area contributed by atoms with Crippen LogP contribution in [-0.4, -0.2) is 104 Å². The number of amides is 6. The summed E-state index contributed by atoms with van der Waals surface area (Å²) in [5, 5.41) is 10.2. The summed E-state index contributed by atoms with van der Waals surface area (Å²) in [6, 6.07) is 15.1. The van der Waals surface area contributed by atoms with Crippen molar-refractivity contribution < 1.29 is 33.5 Å². The third kappa shape index (κ3) is 6.85. The lowest BCUT2D eigenvalue weighted by Crippen LogP contribution is -2.54. The third-order valence-electron chi connectivity index (χ3n) is 11.9. The number of imidazole rings is 1. The van der Waals surface area contributed by atoms with Crippen molar-refractivity contribution in [3.63, 3.8) is 0 Å². The van der Waals surface area contributed by atoms with E-state index in [-0.39, 0.29) is 53.4 Å². The fourth-order valence-corrected chi connectivity index (χ4v) is 8.74. The van der Waals surface area contributed by atoms with Crippen LogP contribution in [0.1, 0.15) is 93.7 Å². The van der Waals surface area contributed by atoms with Crippen LogP contribution < -0.4 is 16.0 Å². The first kappa shape index (κ1) is 38.7. The summed E-state index contributed by atoms with van der Waals surface area (Å²) in [4.78, 5) is 93.9. The summed E-state index contributed by atoms with van der Waals surface area (Å²) in [6.07, 6.45) is 5.82. The van der Waals surface area contributed by atoms with Gasteiger partial charge >= 0.3 is 0 Å². The van der Waals surface area contributed by atoms with E-state index >= 15 is 0 Å². The van der Waals surface area contributed by atoms with E-state index in [0.717, 1.165) is 56.9 Å². The van der Waals surface area contributed by atoms with Gasteiger partial charge in [-0.3, -0.25) is 49.0 Å². The van der Waals surface area contributed by atoms with Gasteiger partial charge in [0.15, 0.2) is 0 Å². The Bertz CT molecular complexity index is 2600. The Morgan fingerprint density at radius 3 is 2.50 bits per heavy atom. The van der Waals surface area contributed by atoms with Crippen molar-refractivity contribution in [2.45, 2.75) is 63.6 Å². The minimum Gasteiger partial charge on any atom is -0.384 e. The number of fused-ring (bicyclic) bond motifs is 3. The molecule has 2 fully saturated rings. The number of carbonyl (C=O) groups is 6. The van der Waals surface area contributed by atoms with Gasteiger partial charge in [0.25, 0.3) is 17.7 Å². The molecule has 3 aromatic heterocycles. The van der Waals surface area contributed by atoms with Crippen LogP contribution >= 0.6 is 0 Å². The van der Waals surface area contributed by atoms with Gasteiger partial charge in [-0.05, 0) is 68.3 Å². The summed E-state index contributed by atoms with van der Waals surface area (Å²) in [5.41, 5.74) is 5.35. The maximum atomic E-state index is 13.4. The Morgan fingerprint density at radius 1 is 0.917 bits per heavy atom. The number of imide groups is 2. The van der Waals surface area contributed by atoms with E-state index in [2.05, 4.69) is 31.6 Å². The number of piperidine rings is 1. The molecule has 3 N–H and O–H groups in total. The number of benzene rings is 2. The molecule has 0 radical (unpaired) electrons. The number of anilines is 1. The third-order valence-corrected chi connectivity index (χ3v) is 11.9. The molecule has 306 valence electrons. The van der Waals surface area contributed by atoms with Gasteiger partial charge in [-0.15, -0.1) is 0 Å². The summed E-state index contributed by atoms with van der Waals surface area (Å²) < 4.78 is 7.79. The van der Waals surface area contributed by atoms with Crippen LogP contribution in [-0.2, 0) is 25.7 Å². The molecule has 0 spiro atoms. The van der Waals surface area contributed by atoms with Crippen LogP contribution in [0.15, 0.2) is 67.0 Å². The second-order valence-corrected chi connectivity index (χ2v) is 15.6. The predicted octanol–water partition coefficient (Wildman–Crippen LogP) is 4.22. The number of nitrogens with one attached hydrogen (secondary N) is 3. The van der Waals surface area contributed by atoms with Crippen molar-refractivity contribution in [3.05, 3.63) is 95.3 Å². The molecule has 2 atom stereocenters. The van der Waals surface area contributed by atoms with Crippen molar-refractivity contribution in [2.24, 2.45) is 0 Å². The second-order valence-electron chi connectivity index (χ2n) is 15.6. The van der Waals surface area contributed by atoms with E-state index < -0.39 is 29.7 Å². The van der Waals surface area contributed by atoms with Crippen molar-refractivity contribution in [1.29, 1.82) is 0 Å². The monoisotopic (exact) mass is 809 g/mol. The Kier molecular flexibility index (Phi) is 10.2. The molecule has 4 aliphatic heterocycles. The van der Waals surface area contributed by atoms with Crippen LogP contribution in [0.25, 0.3) is 33.3 Å². The Balaban J connectivity index is 0.843. The first-order valence-corrected chi connectivity index (χ1v) is 20.2. The average molecular weight is 810 g/mol. The molecular formula is C44H43N9O7. The van der Waals surface area contributed by atoms with Crippen LogP contribution in [0.5, 0.6) is 0 Å². The quantitative estimate of drug-likeness (QED) is 0.135. The van der Waals surface area contributed by atoms with E-state index in [0.29, 0.717) is 50.7 Å². The molecule has 6 amide bonds.